The Hall–Kier alpha value is -0.680. The number of hydrogen-bond acceptors (Lipinski definition) is 7. The van der Waals surface area contributed by atoms with E-state index in [-0.39, 0.29) is 18.2 Å². The van der Waals surface area contributed by atoms with Gasteiger partial charge in [-0.05, 0) is 50.2 Å². The van der Waals surface area contributed by atoms with Gasteiger partial charge in [0.15, 0.2) is 0 Å². The Labute approximate surface area is 220 Å². The van der Waals surface area contributed by atoms with Crippen LogP contribution < -0.4 is 4.74 Å². The number of ether oxygens (including phenoxy) is 1. The summed E-state index contributed by atoms with van der Waals surface area (Å²) < 4.78 is 56.8. The first-order valence-corrected chi connectivity index (χ1v) is 17.3. The molecule has 0 amide bonds. The van der Waals surface area contributed by atoms with Gasteiger partial charge < -0.3 is 22.8 Å². The lowest BCUT2D eigenvalue weighted by Crippen LogP contribution is -2.20. The summed E-state index contributed by atoms with van der Waals surface area (Å²) in [5.74, 6) is 0.497. The van der Waals surface area contributed by atoms with Crippen molar-refractivity contribution >= 4 is 15.2 Å². The highest BCUT2D eigenvalue weighted by Crippen LogP contribution is 2.56. The molecule has 7 nitrogen and oxygen atoms in total. The van der Waals surface area contributed by atoms with Crippen LogP contribution in [-0.2, 0) is 27.2 Å². The van der Waals surface area contributed by atoms with E-state index in [4.69, 9.17) is 22.8 Å². The van der Waals surface area contributed by atoms with Crippen LogP contribution in [0.3, 0.4) is 0 Å². The zero-order valence-corrected chi connectivity index (χ0v) is 24.8. The molecule has 1 aromatic carbocycles. The minimum atomic E-state index is -3.38. The molecule has 36 heavy (non-hydrogen) atoms. The van der Waals surface area contributed by atoms with Gasteiger partial charge in [0.2, 0.25) is 0 Å². The number of unbranched alkanes of at least 4 members (excludes halogenated alkanes) is 4. The first-order chi connectivity index (χ1) is 17.4. The molecule has 0 saturated carbocycles. The monoisotopic (exact) mass is 548 g/mol. The molecule has 0 spiro atoms. The number of benzene rings is 1. The molecular formula is C27H50O7P2. The van der Waals surface area contributed by atoms with Crippen LogP contribution in [0.25, 0.3) is 0 Å². The van der Waals surface area contributed by atoms with Crippen LogP contribution in [0.5, 0.6) is 5.75 Å². The van der Waals surface area contributed by atoms with Gasteiger partial charge in [-0.3, -0.25) is 9.13 Å². The molecule has 0 N–H and O–H groups in total. The Morgan fingerprint density at radius 1 is 0.611 bits per heavy atom. The molecule has 0 aliphatic carbocycles. The van der Waals surface area contributed by atoms with Crippen LogP contribution in [-0.4, -0.2) is 45.4 Å². The Morgan fingerprint density at radius 2 is 1.00 bits per heavy atom. The number of hydrogen-bond donors (Lipinski definition) is 0. The summed E-state index contributed by atoms with van der Waals surface area (Å²) in [6, 6.07) is 9.57. The van der Waals surface area contributed by atoms with Gasteiger partial charge in [0.1, 0.15) is 5.75 Å². The predicted octanol–water partition coefficient (Wildman–Crippen LogP) is 8.72. The second-order valence-electron chi connectivity index (χ2n) is 9.15. The molecule has 1 aromatic rings. The highest BCUT2D eigenvalue weighted by Gasteiger charge is 2.35. The summed E-state index contributed by atoms with van der Waals surface area (Å²) >= 11 is 0. The van der Waals surface area contributed by atoms with Crippen molar-refractivity contribution < 1.29 is 32.0 Å². The minimum Gasteiger partial charge on any atom is -0.494 e. The lowest BCUT2D eigenvalue weighted by Gasteiger charge is -2.27. The maximum Gasteiger partial charge on any atom is 0.330 e. The highest BCUT2D eigenvalue weighted by molar-refractivity contribution is 7.55. The summed E-state index contributed by atoms with van der Waals surface area (Å²) in [6.07, 6.45) is 7.85. The maximum atomic E-state index is 13.8. The fourth-order valence-electron chi connectivity index (χ4n) is 3.41. The molecule has 210 valence electrons. The SMILES string of the molecule is CCCCOP(=O)(CC(CCOc1ccccc1)CP(=O)(OCCCC)OCCCC)OCCCC. The molecule has 1 rings (SSSR count). The molecule has 0 fully saturated rings. The van der Waals surface area contributed by atoms with Crippen molar-refractivity contribution in [3.63, 3.8) is 0 Å². The predicted molar refractivity (Wildman–Crippen MR) is 148 cm³/mol. The molecule has 0 heterocycles. The van der Waals surface area contributed by atoms with E-state index in [2.05, 4.69) is 27.7 Å². The van der Waals surface area contributed by atoms with Crippen molar-refractivity contribution in [2.75, 3.05) is 45.4 Å². The van der Waals surface area contributed by atoms with Gasteiger partial charge in [-0.25, -0.2) is 0 Å². The standard InChI is InChI=1S/C27H50O7P2/c1-5-9-19-31-35(28,32-20-10-6-2)24-26(18-23-30-27-16-14-13-15-17-27)25-36(29,33-21-11-7-3)34-22-12-8-4/h13-17,26H,5-12,18-25H2,1-4H3. The molecule has 9 heteroatoms. The van der Waals surface area contributed by atoms with E-state index >= 15 is 0 Å². The fourth-order valence-corrected chi connectivity index (χ4v) is 7.70. The molecule has 0 atom stereocenters. The van der Waals surface area contributed by atoms with E-state index < -0.39 is 15.2 Å². The Kier molecular flexibility index (Phi) is 18.8. The quantitative estimate of drug-likeness (QED) is 0.0944. The summed E-state index contributed by atoms with van der Waals surface area (Å²) in [5.41, 5.74) is 0. The van der Waals surface area contributed by atoms with Crippen molar-refractivity contribution in [2.45, 2.75) is 85.5 Å². The van der Waals surface area contributed by atoms with Gasteiger partial charge in [-0.1, -0.05) is 71.6 Å². The molecule has 0 aromatic heterocycles. The van der Waals surface area contributed by atoms with Crippen LogP contribution in [0.1, 0.15) is 85.5 Å². The minimum absolute atomic E-state index is 0.164. The van der Waals surface area contributed by atoms with E-state index in [1.54, 1.807) is 0 Å². The van der Waals surface area contributed by atoms with Crippen molar-refractivity contribution in [3.05, 3.63) is 30.3 Å². The van der Waals surface area contributed by atoms with Crippen LogP contribution in [0, 0.1) is 5.92 Å². The van der Waals surface area contributed by atoms with Crippen LogP contribution in [0.15, 0.2) is 30.3 Å². The summed E-state index contributed by atoms with van der Waals surface area (Å²) in [5, 5.41) is 0. The van der Waals surface area contributed by atoms with Crippen molar-refractivity contribution in [1.29, 1.82) is 0 Å². The van der Waals surface area contributed by atoms with E-state index in [0.717, 1.165) is 57.1 Å². The summed E-state index contributed by atoms with van der Waals surface area (Å²) in [7, 11) is -6.77. The van der Waals surface area contributed by atoms with Crippen LogP contribution in [0.4, 0.5) is 0 Å². The molecule has 0 unspecified atom stereocenters. The zero-order valence-electron chi connectivity index (χ0n) is 23.0. The Bertz CT molecular complexity index is 677. The van der Waals surface area contributed by atoms with Gasteiger partial charge in [0.25, 0.3) is 0 Å². The lowest BCUT2D eigenvalue weighted by molar-refractivity contribution is 0.187. The van der Waals surface area contributed by atoms with Crippen molar-refractivity contribution in [1.82, 2.24) is 0 Å². The van der Waals surface area contributed by atoms with Crippen molar-refractivity contribution in [3.8, 4) is 5.75 Å². The average Bonchev–Trinajstić information content (AvgIpc) is 2.85. The second-order valence-corrected chi connectivity index (χ2v) is 13.4. The lowest BCUT2D eigenvalue weighted by atomic mass is 10.1. The number of rotatable bonds is 24. The zero-order chi connectivity index (χ0) is 26.5. The highest BCUT2D eigenvalue weighted by atomic mass is 31.2. The number of para-hydroxylation sites is 1. The fraction of sp³-hybridized carbons (Fsp3) is 0.778. The average molecular weight is 549 g/mol. The third kappa shape index (κ3) is 15.5. The van der Waals surface area contributed by atoms with Crippen molar-refractivity contribution in [2.24, 2.45) is 5.92 Å². The van der Waals surface area contributed by atoms with E-state index in [1.165, 1.54) is 0 Å². The third-order valence-electron chi connectivity index (χ3n) is 5.65. The molecule has 0 bridgehead atoms. The van der Waals surface area contributed by atoms with Crippen LogP contribution in [0.2, 0.25) is 0 Å². The molecule has 0 aliphatic heterocycles. The van der Waals surface area contributed by atoms with Gasteiger partial charge >= 0.3 is 15.2 Å². The summed E-state index contributed by atoms with van der Waals surface area (Å²) in [4.78, 5) is 0. The van der Waals surface area contributed by atoms with Gasteiger partial charge in [0, 0.05) is 0 Å². The van der Waals surface area contributed by atoms with E-state index in [9.17, 15) is 9.13 Å². The normalized spacial score (nSPS) is 12.4. The molecule has 0 saturated heterocycles. The summed E-state index contributed by atoms with van der Waals surface area (Å²) in [6.45, 7) is 10.2. The Balaban J connectivity index is 3.02. The van der Waals surface area contributed by atoms with Gasteiger partial charge in [-0.15, -0.1) is 0 Å². The van der Waals surface area contributed by atoms with Crippen LogP contribution >= 0.6 is 15.2 Å². The topological polar surface area (TPSA) is 80.3 Å². The largest absolute Gasteiger partial charge is 0.494 e. The molecule has 0 radical (unpaired) electrons. The van der Waals surface area contributed by atoms with E-state index in [0.29, 0.717) is 39.5 Å². The third-order valence-corrected chi connectivity index (χ3v) is 9.88. The Morgan fingerprint density at radius 3 is 1.36 bits per heavy atom. The molecule has 0 aliphatic rings. The molecular weight excluding hydrogens is 498 g/mol. The first kappa shape index (κ1) is 33.3. The second kappa shape index (κ2) is 20.3. The maximum absolute atomic E-state index is 13.8. The van der Waals surface area contributed by atoms with E-state index in [1.807, 2.05) is 30.3 Å². The van der Waals surface area contributed by atoms with Gasteiger partial charge in [0.05, 0.1) is 45.4 Å². The smallest absolute Gasteiger partial charge is 0.330 e. The van der Waals surface area contributed by atoms with Gasteiger partial charge in [-0.2, -0.15) is 0 Å². The first-order valence-electron chi connectivity index (χ1n) is 13.8.